The molecule has 70 valence electrons. The summed E-state index contributed by atoms with van der Waals surface area (Å²) in [6.07, 6.45) is 2.34. The number of rotatable bonds is 3. The van der Waals surface area contributed by atoms with Gasteiger partial charge in [-0.1, -0.05) is 11.3 Å². The summed E-state index contributed by atoms with van der Waals surface area (Å²) in [6, 6.07) is 0.521. The van der Waals surface area contributed by atoms with Crippen LogP contribution < -0.4 is 5.32 Å². The third-order valence-electron chi connectivity index (χ3n) is 1.90. The van der Waals surface area contributed by atoms with Gasteiger partial charge in [0, 0.05) is 6.04 Å². The van der Waals surface area contributed by atoms with Crippen LogP contribution in [0.15, 0.2) is 0 Å². The SMILES string of the molecule is Cc1nc(NC2CC2)sc1C(=O)O. The lowest BCUT2D eigenvalue weighted by Gasteiger charge is -1.95. The standard InChI is InChI=1S/C8H10N2O2S/c1-4-6(7(11)12)13-8(9-4)10-5-2-3-5/h5H,2-3H2,1H3,(H,9,10)(H,11,12). The Labute approximate surface area is 79.6 Å². The van der Waals surface area contributed by atoms with E-state index < -0.39 is 5.97 Å². The van der Waals surface area contributed by atoms with Gasteiger partial charge < -0.3 is 10.4 Å². The summed E-state index contributed by atoms with van der Waals surface area (Å²) in [5.74, 6) is -0.890. The molecule has 0 bridgehead atoms. The number of anilines is 1. The van der Waals surface area contributed by atoms with Crippen LogP contribution in [0.2, 0.25) is 0 Å². The summed E-state index contributed by atoms with van der Waals surface area (Å²) in [5, 5.41) is 12.7. The third kappa shape index (κ3) is 1.80. The zero-order valence-corrected chi connectivity index (χ0v) is 8.02. The summed E-state index contributed by atoms with van der Waals surface area (Å²) in [6.45, 7) is 1.72. The lowest BCUT2D eigenvalue weighted by molar-refractivity contribution is 0.0701. The summed E-state index contributed by atoms with van der Waals surface area (Å²) < 4.78 is 0. The van der Waals surface area contributed by atoms with Gasteiger partial charge in [-0.2, -0.15) is 0 Å². The molecule has 0 atom stereocenters. The Morgan fingerprint density at radius 3 is 2.85 bits per heavy atom. The van der Waals surface area contributed by atoms with Crippen molar-refractivity contribution >= 4 is 22.4 Å². The van der Waals surface area contributed by atoms with Gasteiger partial charge in [-0.05, 0) is 19.8 Å². The van der Waals surface area contributed by atoms with Crippen LogP contribution in [0.3, 0.4) is 0 Å². The molecule has 0 spiro atoms. The number of hydrogen-bond acceptors (Lipinski definition) is 4. The molecule has 0 radical (unpaired) electrons. The third-order valence-corrected chi connectivity index (χ3v) is 2.97. The van der Waals surface area contributed by atoms with E-state index in [1.54, 1.807) is 6.92 Å². The van der Waals surface area contributed by atoms with Gasteiger partial charge in [-0.15, -0.1) is 0 Å². The zero-order valence-electron chi connectivity index (χ0n) is 7.20. The van der Waals surface area contributed by atoms with Crippen LogP contribution >= 0.6 is 11.3 Å². The molecule has 13 heavy (non-hydrogen) atoms. The Bertz CT molecular complexity index is 344. The topological polar surface area (TPSA) is 62.2 Å². The minimum absolute atomic E-state index is 0.336. The Balaban J connectivity index is 2.18. The Hall–Kier alpha value is -1.10. The van der Waals surface area contributed by atoms with Gasteiger partial charge in [0.2, 0.25) is 0 Å². The summed E-state index contributed by atoms with van der Waals surface area (Å²) in [5.41, 5.74) is 0.598. The predicted molar refractivity (Wildman–Crippen MR) is 50.5 cm³/mol. The molecule has 4 nitrogen and oxygen atoms in total. The van der Waals surface area contributed by atoms with Crippen molar-refractivity contribution in [3.63, 3.8) is 0 Å². The molecule has 1 aromatic rings. The molecule has 1 fully saturated rings. The Morgan fingerprint density at radius 2 is 2.38 bits per heavy atom. The number of aromatic carboxylic acids is 1. The first-order valence-corrected chi connectivity index (χ1v) is 4.95. The van der Waals surface area contributed by atoms with E-state index in [9.17, 15) is 4.79 Å². The molecular formula is C8H10N2O2S. The van der Waals surface area contributed by atoms with Crippen LogP contribution in [0.5, 0.6) is 0 Å². The molecule has 2 N–H and O–H groups in total. The van der Waals surface area contributed by atoms with Crippen molar-refractivity contribution in [3.8, 4) is 0 Å². The molecule has 0 aliphatic heterocycles. The molecule has 1 aromatic heterocycles. The van der Waals surface area contributed by atoms with Crippen LogP contribution in [0.1, 0.15) is 28.2 Å². The second kappa shape index (κ2) is 2.99. The summed E-state index contributed by atoms with van der Waals surface area (Å²) in [7, 11) is 0. The minimum Gasteiger partial charge on any atom is -0.477 e. The van der Waals surface area contributed by atoms with Crippen molar-refractivity contribution in [2.75, 3.05) is 5.32 Å². The first-order valence-electron chi connectivity index (χ1n) is 4.14. The largest absolute Gasteiger partial charge is 0.477 e. The molecular weight excluding hydrogens is 188 g/mol. The summed E-state index contributed by atoms with van der Waals surface area (Å²) in [4.78, 5) is 15.2. The van der Waals surface area contributed by atoms with Gasteiger partial charge >= 0.3 is 5.97 Å². The monoisotopic (exact) mass is 198 g/mol. The molecule has 2 rings (SSSR count). The van der Waals surface area contributed by atoms with Crippen molar-refractivity contribution in [2.45, 2.75) is 25.8 Å². The van der Waals surface area contributed by atoms with Gasteiger partial charge in [0.15, 0.2) is 5.13 Å². The number of carboxylic acids is 1. The number of nitrogens with one attached hydrogen (secondary N) is 1. The van der Waals surface area contributed by atoms with E-state index in [0.29, 0.717) is 16.6 Å². The number of carboxylic acid groups (broad SMARTS) is 1. The normalized spacial score (nSPS) is 15.8. The molecule has 0 aromatic carbocycles. The molecule has 1 aliphatic rings. The lowest BCUT2D eigenvalue weighted by atomic mass is 10.4. The van der Waals surface area contributed by atoms with E-state index in [-0.39, 0.29) is 0 Å². The van der Waals surface area contributed by atoms with Gasteiger partial charge in [-0.3, -0.25) is 0 Å². The zero-order chi connectivity index (χ0) is 9.42. The van der Waals surface area contributed by atoms with Gasteiger partial charge in [0.25, 0.3) is 0 Å². The molecule has 1 heterocycles. The molecule has 1 saturated carbocycles. The fraction of sp³-hybridized carbons (Fsp3) is 0.500. The maximum Gasteiger partial charge on any atom is 0.347 e. The highest BCUT2D eigenvalue weighted by molar-refractivity contribution is 7.17. The smallest absolute Gasteiger partial charge is 0.347 e. The van der Waals surface area contributed by atoms with Crippen molar-refractivity contribution in [1.29, 1.82) is 0 Å². The van der Waals surface area contributed by atoms with Crippen LogP contribution in [0.4, 0.5) is 5.13 Å². The highest BCUT2D eigenvalue weighted by Gasteiger charge is 2.23. The number of carbonyl (C=O) groups is 1. The highest BCUT2D eigenvalue weighted by atomic mass is 32.1. The highest BCUT2D eigenvalue weighted by Crippen LogP contribution is 2.29. The van der Waals surface area contributed by atoms with Crippen LogP contribution in [-0.2, 0) is 0 Å². The van der Waals surface area contributed by atoms with Crippen LogP contribution in [0.25, 0.3) is 0 Å². The molecule has 0 unspecified atom stereocenters. The van der Waals surface area contributed by atoms with Crippen LogP contribution in [-0.4, -0.2) is 22.1 Å². The van der Waals surface area contributed by atoms with E-state index in [1.165, 1.54) is 24.2 Å². The predicted octanol–water partition coefficient (Wildman–Crippen LogP) is 1.72. The Morgan fingerprint density at radius 1 is 1.69 bits per heavy atom. The average molecular weight is 198 g/mol. The van der Waals surface area contributed by atoms with E-state index >= 15 is 0 Å². The Kier molecular flexibility index (Phi) is 1.95. The van der Waals surface area contributed by atoms with Gasteiger partial charge in [-0.25, -0.2) is 9.78 Å². The van der Waals surface area contributed by atoms with E-state index in [0.717, 1.165) is 5.13 Å². The maximum atomic E-state index is 10.7. The second-order valence-electron chi connectivity index (χ2n) is 3.16. The first-order chi connectivity index (χ1) is 6.16. The molecule has 1 aliphatic carbocycles. The van der Waals surface area contributed by atoms with E-state index in [2.05, 4.69) is 10.3 Å². The van der Waals surface area contributed by atoms with E-state index in [4.69, 9.17) is 5.11 Å². The fourth-order valence-corrected chi connectivity index (χ4v) is 1.94. The number of aryl methyl sites for hydroxylation is 1. The number of aromatic nitrogens is 1. The van der Waals surface area contributed by atoms with Crippen molar-refractivity contribution < 1.29 is 9.90 Å². The van der Waals surface area contributed by atoms with Crippen molar-refractivity contribution in [2.24, 2.45) is 0 Å². The molecule has 0 amide bonds. The molecule has 0 saturated heterocycles. The number of hydrogen-bond donors (Lipinski definition) is 2. The van der Waals surface area contributed by atoms with E-state index in [1.807, 2.05) is 0 Å². The van der Waals surface area contributed by atoms with Gasteiger partial charge in [0.05, 0.1) is 5.69 Å². The second-order valence-corrected chi connectivity index (χ2v) is 4.16. The molecule has 5 heteroatoms. The average Bonchev–Trinajstić information content (AvgIpc) is 2.75. The minimum atomic E-state index is -0.890. The van der Waals surface area contributed by atoms with Gasteiger partial charge in [0.1, 0.15) is 4.88 Å². The maximum absolute atomic E-state index is 10.7. The van der Waals surface area contributed by atoms with Crippen molar-refractivity contribution in [3.05, 3.63) is 10.6 Å². The number of nitrogens with zero attached hydrogens (tertiary/aromatic N) is 1. The summed E-state index contributed by atoms with van der Waals surface area (Å²) >= 11 is 1.21. The lowest BCUT2D eigenvalue weighted by Crippen LogP contribution is -1.99. The van der Waals surface area contributed by atoms with Crippen molar-refractivity contribution in [1.82, 2.24) is 4.98 Å². The number of thiazole rings is 1. The fourth-order valence-electron chi connectivity index (χ4n) is 1.06. The van der Waals surface area contributed by atoms with Crippen LogP contribution in [0, 0.1) is 6.92 Å². The quantitative estimate of drug-likeness (QED) is 0.776. The first kappa shape index (κ1) is 8.50.